The van der Waals surface area contributed by atoms with E-state index in [1.165, 1.54) is 0 Å². The molecule has 118 valence electrons. The Morgan fingerprint density at radius 1 is 1.14 bits per heavy atom. The lowest BCUT2D eigenvalue weighted by Gasteiger charge is -2.36. The zero-order valence-corrected chi connectivity index (χ0v) is 13.6. The van der Waals surface area contributed by atoms with E-state index in [1.807, 2.05) is 6.92 Å². The predicted molar refractivity (Wildman–Crippen MR) is 85.0 cm³/mol. The summed E-state index contributed by atoms with van der Waals surface area (Å²) in [6.07, 6.45) is 3.25. The summed E-state index contributed by atoms with van der Waals surface area (Å²) < 4.78 is 5.59. The lowest BCUT2D eigenvalue weighted by atomic mass is 9.83. The lowest BCUT2D eigenvalue weighted by Crippen LogP contribution is -2.38. The van der Waals surface area contributed by atoms with Crippen molar-refractivity contribution in [2.45, 2.75) is 47.0 Å². The summed E-state index contributed by atoms with van der Waals surface area (Å²) in [4.78, 5) is 15.5. The van der Waals surface area contributed by atoms with Crippen molar-refractivity contribution < 1.29 is 4.74 Å². The number of anilines is 2. The summed E-state index contributed by atoms with van der Waals surface area (Å²) in [7, 11) is 0. The topological polar surface area (TPSA) is 63.2 Å². The summed E-state index contributed by atoms with van der Waals surface area (Å²) in [5.41, 5.74) is 0.412. The number of hydrogen-bond donors (Lipinski definition) is 1. The zero-order valence-electron chi connectivity index (χ0n) is 13.6. The van der Waals surface area contributed by atoms with Crippen LogP contribution in [0.15, 0.2) is 0 Å². The number of nitrogens with one attached hydrogen (secondary N) is 1. The monoisotopic (exact) mass is 293 g/mol. The Hall–Kier alpha value is -1.59. The fourth-order valence-corrected chi connectivity index (χ4v) is 2.29. The van der Waals surface area contributed by atoms with E-state index in [9.17, 15) is 0 Å². The van der Waals surface area contributed by atoms with Gasteiger partial charge in [0.15, 0.2) is 0 Å². The number of piperidine rings is 1. The molecule has 21 heavy (non-hydrogen) atoms. The standard InChI is InChI=1S/C15H27N5O/c1-5-11-21-14-18-12(16-6-2)17-13(19-14)20-9-7-15(3,4)8-10-20/h5-11H2,1-4H3,(H,16,17,18,19). The molecule has 1 aromatic rings. The molecular formula is C15H27N5O. The molecular weight excluding hydrogens is 266 g/mol. The molecule has 1 aliphatic rings. The number of aromatic nitrogens is 3. The maximum Gasteiger partial charge on any atom is 0.323 e. The Kier molecular flexibility index (Phi) is 5.20. The molecule has 1 saturated heterocycles. The van der Waals surface area contributed by atoms with Gasteiger partial charge < -0.3 is 15.0 Å². The third-order valence-corrected chi connectivity index (χ3v) is 3.77. The quantitative estimate of drug-likeness (QED) is 0.870. The van der Waals surface area contributed by atoms with Crippen LogP contribution in [0.2, 0.25) is 0 Å². The van der Waals surface area contributed by atoms with Gasteiger partial charge in [-0.15, -0.1) is 0 Å². The summed E-state index contributed by atoms with van der Waals surface area (Å²) in [5.74, 6) is 1.32. The molecule has 0 bridgehead atoms. The molecule has 0 aromatic carbocycles. The van der Waals surface area contributed by atoms with Crippen LogP contribution in [0.4, 0.5) is 11.9 Å². The number of nitrogens with zero attached hydrogens (tertiary/aromatic N) is 4. The van der Waals surface area contributed by atoms with E-state index >= 15 is 0 Å². The zero-order chi connectivity index (χ0) is 15.3. The summed E-state index contributed by atoms with van der Waals surface area (Å²) in [5, 5.41) is 3.15. The van der Waals surface area contributed by atoms with Crippen molar-refractivity contribution in [3.63, 3.8) is 0 Å². The average Bonchev–Trinajstić information content (AvgIpc) is 2.45. The van der Waals surface area contributed by atoms with Crippen LogP contribution in [0.5, 0.6) is 6.01 Å². The summed E-state index contributed by atoms with van der Waals surface area (Å²) >= 11 is 0. The molecule has 0 spiro atoms. The fourth-order valence-electron chi connectivity index (χ4n) is 2.29. The number of hydrogen-bond acceptors (Lipinski definition) is 6. The van der Waals surface area contributed by atoms with E-state index in [4.69, 9.17) is 4.74 Å². The van der Waals surface area contributed by atoms with Crippen LogP contribution < -0.4 is 15.0 Å². The van der Waals surface area contributed by atoms with Crippen LogP contribution in [0.3, 0.4) is 0 Å². The van der Waals surface area contributed by atoms with Crippen molar-refractivity contribution >= 4 is 11.9 Å². The van der Waals surface area contributed by atoms with Crippen molar-refractivity contribution in [3.8, 4) is 6.01 Å². The Bertz CT molecular complexity index is 453. The van der Waals surface area contributed by atoms with Gasteiger partial charge >= 0.3 is 6.01 Å². The van der Waals surface area contributed by atoms with Crippen molar-refractivity contribution in [1.29, 1.82) is 0 Å². The van der Waals surface area contributed by atoms with E-state index in [2.05, 4.69) is 45.9 Å². The van der Waals surface area contributed by atoms with Gasteiger partial charge in [-0.3, -0.25) is 0 Å². The van der Waals surface area contributed by atoms with Gasteiger partial charge in [0.2, 0.25) is 11.9 Å². The number of ether oxygens (including phenoxy) is 1. The summed E-state index contributed by atoms with van der Waals surface area (Å²) in [6.45, 7) is 12.1. The second-order valence-electron chi connectivity index (χ2n) is 6.27. The molecule has 1 aliphatic heterocycles. The minimum absolute atomic E-state index is 0.412. The molecule has 1 fully saturated rings. The summed E-state index contributed by atoms with van der Waals surface area (Å²) in [6, 6.07) is 0.419. The SMILES string of the molecule is CCCOc1nc(NCC)nc(N2CCC(C)(C)CC2)n1. The van der Waals surface area contributed by atoms with Crippen LogP contribution in [-0.2, 0) is 0 Å². The van der Waals surface area contributed by atoms with Crippen LogP contribution in [-0.4, -0.2) is 41.2 Å². The Labute approximate surface area is 127 Å². The van der Waals surface area contributed by atoms with Crippen LogP contribution in [0.25, 0.3) is 0 Å². The first-order chi connectivity index (χ1) is 10.0. The third kappa shape index (κ3) is 4.44. The normalized spacial score (nSPS) is 17.6. The van der Waals surface area contributed by atoms with Crippen LogP contribution >= 0.6 is 0 Å². The highest BCUT2D eigenvalue weighted by molar-refractivity contribution is 5.38. The first-order valence-electron chi connectivity index (χ1n) is 7.92. The van der Waals surface area contributed by atoms with Crippen molar-refractivity contribution in [2.24, 2.45) is 5.41 Å². The van der Waals surface area contributed by atoms with Gasteiger partial charge in [0.1, 0.15) is 0 Å². The molecule has 0 saturated carbocycles. The van der Waals surface area contributed by atoms with Gasteiger partial charge in [0.05, 0.1) is 6.61 Å². The Balaban J connectivity index is 2.15. The van der Waals surface area contributed by atoms with E-state index in [0.29, 0.717) is 24.0 Å². The van der Waals surface area contributed by atoms with Gasteiger partial charge in [-0.25, -0.2) is 0 Å². The van der Waals surface area contributed by atoms with Gasteiger partial charge in [-0.1, -0.05) is 20.8 Å². The molecule has 0 atom stereocenters. The molecule has 6 heteroatoms. The van der Waals surface area contributed by atoms with Crippen molar-refractivity contribution in [3.05, 3.63) is 0 Å². The van der Waals surface area contributed by atoms with Crippen LogP contribution in [0.1, 0.15) is 47.0 Å². The Morgan fingerprint density at radius 3 is 2.48 bits per heavy atom. The second kappa shape index (κ2) is 6.91. The molecule has 1 aromatic heterocycles. The smallest absolute Gasteiger partial charge is 0.323 e. The van der Waals surface area contributed by atoms with E-state index < -0.39 is 0 Å². The first-order valence-corrected chi connectivity index (χ1v) is 7.92. The lowest BCUT2D eigenvalue weighted by molar-refractivity contribution is 0.275. The molecule has 0 unspecified atom stereocenters. The highest BCUT2D eigenvalue weighted by Crippen LogP contribution is 2.31. The number of rotatable bonds is 6. The predicted octanol–water partition coefficient (Wildman–Crippen LogP) is 2.72. The highest BCUT2D eigenvalue weighted by Gasteiger charge is 2.27. The maximum absolute atomic E-state index is 5.59. The van der Waals surface area contributed by atoms with Gasteiger partial charge in [-0.2, -0.15) is 15.0 Å². The molecule has 0 radical (unpaired) electrons. The first kappa shape index (κ1) is 15.8. The molecule has 2 heterocycles. The van der Waals surface area contributed by atoms with Gasteiger partial charge in [-0.05, 0) is 31.6 Å². The molecule has 6 nitrogen and oxygen atoms in total. The second-order valence-corrected chi connectivity index (χ2v) is 6.27. The largest absolute Gasteiger partial charge is 0.463 e. The maximum atomic E-state index is 5.59. The molecule has 2 rings (SSSR count). The van der Waals surface area contributed by atoms with E-state index in [0.717, 1.165) is 44.8 Å². The average molecular weight is 293 g/mol. The van der Waals surface area contributed by atoms with Gasteiger partial charge in [0.25, 0.3) is 0 Å². The Morgan fingerprint density at radius 2 is 1.86 bits per heavy atom. The fraction of sp³-hybridized carbons (Fsp3) is 0.800. The minimum Gasteiger partial charge on any atom is -0.463 e. The van der Waals surface area contributed by atoms with E-state index in [1.54, 1.807) is 0 Å². The molecule has 1 N–H and O–H groups in total. The third-order valence-electron chi connectivity index (χ3n) is 3.77. The van der Waals surface area contributed by atoms with Crippen molar-refractivity contribution in [2.75, 3.05) is 36.5 Å². The van der Waals surface area contributed by atoms with Gasteiger partial charge in [0, 0.05) is 19.6 Å². The van der Waals surface area contributed by atoms with Crippen molar-refractivity contribution in [1.82, 2.24) is 15.0 Å². The van der Waals surface area contributed by atoms with E-state index in [-0.39, 0.29) is 0 Å². The minimum atomic E-state index is 0.412. The molecule has 0 aliphatic carbocycles. The highest BCUT2D eigenvalue weighted by atomic mass is 16.5. The molecule has 0 amide bonds. The van der Waals surface area contributed by atoms with Crippen LogP contribution in [0, 0.1) is 5.41 Å².